The highest BCUT2D eigenvalue weighted by molar-refractivity contribution is 6.17. The van der Waals surface area contributed by atoms with Crippen molar-refractivity contribution in [3.05, 3.63) is 17.7 Å². The maximum atomic E-state index is 5.48. The van der Waals surface area contributed by atoms with Gasteiger partial charge in [0.25, 0.3) is 0 Å². The van der Waals surface area contributed by atoms with Crippen molar-refractivity contribution in [2.75, 3.05) is 19.5 Å². The molecule has 1 aliphatic carbocycles. The molecule has 1 aliphatic heterocycles. The Morgan fingerprint density at radius 2 is 1.64 bits per heavy atom. The number of methoxy groups -OCH3 is 2. The molecule has 3 rings (SSSR count). The summed E-state index contributed by atoms with van der Waals surface area (Å²) >= 11 is 0. The predicted octanol–water partition coefficient (Wildman–Crippen LogP) is 4.03. The highest BCUT2D eigenvalue weighted by Gasteiger charge is 2.46. The van der Waals surface area contributed by atoms with Crippen LogP contribution in [0.2, 0.25) is 0 Å². The standard InChI is InChI=1S/C18H26N2O2/c1-17(2,3)20-16-12-10-14(21-4)15(22-5)11-13(12)19-18(16)8-6-7-9-18/h10-11,19H,6-9H2,1-5H3. The normalized spacial score (nSPS) is 21.0. The summed E-state index contributed by atoms with van der Waals surface area (Å²) in [6, 6.07) is 4.11. The van der Waals surface area contributed by atoms with Gasteiger partial charge in [-0.25, -0.2) is 0 Å². The number of fused-ring (bicyclic) bond motifs is 1. The van der Waals surface area contributed by atoms with Gasteiger partial charge in [0.2, 0.25) is 0 Å². The maximum absolute atomic E-state index is 5.48. The molecule has 1 fully saturated rings. The number of anilines is 1. The van der Waals surface area contributed by atoms with Crippen LogP contribution in [0.5, 0.6) is 11.5 Å². The first-order valence-electron chi connectivity index (χ1n) is 8.03. The van der Waals surface area contributed by atoms with Crippen molar-refractivity contribution in [2.24, 2.45) is 4.99 Å². The van der Waals surface area contributed by atoms with Gasteiger partial charge in [-0.2, -0.15) is 0 Å². The van der Waals surface area contributed by atoms with E-state index in [1.54, 1.807) is 14.2 Å². The third-order valence-electron chi connectivity index (χ3n) is 4.51. The van der Waals surface area contributed by atoms with Crippen molar-refractivity contribution in [2.45, 2.75) is 57.5 Å². The van der Waals surface area contributed by atoms with E-state index in [-0.39, 0.29) is 11.1 Å². The lowest BCUT2D eigenvalue weighted by Gasteiger charge is -2.27. The van der Waals surface area contributed by atoms with Gasteiger partial charge >= 0.3 is 0 Å². The predicted molar refractivity (Wildman–Crippen MR) is 90.7 cm³/mol. The van der Waals surface area contributed by atoms with Crippen LogP contribution in [0, 0.1) is 0 Å². The average Bonchev–Trinajstić information content (AvgIpc) is 3.03. The molecular formula is C18H26N2O2. The molecule has 0 saturated heterocycles. The molecule has 0 bridgehead atoms. The van der Waals surface area contributed by atoms with E-state index >= 15 is 0 Å². The third-order valence-corrected chi connectivity index (χ3v) is 4.51. The molecule has 0 unspecified atom stereocenters. The van der Waals surface area contributed by atoms with E-state index in [0.717, 1.165) is 35.6 Å². The van der Waals surface area contributed by atoms with Gasteiger partial charge in [0.15, 0.2) is 11.5 Å². The minimum absolute atomic E-state index is 0.00695. The van der Waals surface area contributed by atoms with E-state index < -0.39 is 0 Å². The van der Waals surface area contributed by atoms with Gasteiger partial charge < -0.3 is 14.8 Å². The van der Waals surface area contributed by atoms with Gasteiger partial charge in [-0.3, -0.25) is 4.99 Å². The molecule has 1 aromatic carbocycles. The summed E-state index contributed by atoms with van der Waals surface area (Å²) in [6.07, 6.45) is 4.78. The molecular weight excluding hydrogens is 276 g/mol. The van der Waals surface area contributed by atoms with E-state index in [1.165, 1.54) is 18.6 Å². The monoisotopic (exact) mass is 302 g/mol. The fourth-order valence-electron chi connectivity index (χ4n) is 3.60. The topological polar surface area (TPSA) is 42.9 Å². The summed E-state index contributed by atoms with van der Waals surface area (Å²) in [5.74, 6) is 1.53. The number of hydrogen-bond donors (Lipinski definition) is 1. The number of nitrogens with zero attached hydrogens (tertiary/aromatic N) is 1. The van der Waals surface area contributed by atoms with Crippen LogP contribution in [0.3, 0.4) is 0 Å². The van der Waals surface area contributed by atoms with Crippen LogP contribution < -0.4 is 14.8 Å². The fraction of sp³-hybridized carbons (Fsp3) is 0.611. The summed E-state index contributed by atoms with van der Waals surface area (Å²) in [6.45, 7) is 6.46. The summed E-state index contributed by atoms with van der Waals surface area (Å²) < 4.78 is 10.9. The molecule has 1 spiro atoms. The molecule has 1 N–H and O–H groups in total. The zero-order chi connectivity index (χ0) is 16.0. The van der Waals surface area contributed by atoms with Crippen LogP contribution in [0.1, 0.15) is 52.0 Å². The molecule has 1 heterocycles. The second-order valence-corrected chi connectivity index (χ2v) is 7.30. The minimum Gasteiger partial charge on any atom is -0.493 e. The molecule has 4 heteroatoms. The van der Waals surface area contributed by atoms with Gasteiger partial charge in [0, 0.05) is 17.3 Å². The molecule has 120 valence electrons. The maximum Gasteiger partial charge on any atom is 0.162 e. The van der Waals surface area contributed by atoms with E-state index in [1.807, 2.05) is 6.07 Å². The van der Waals surface area contributed by atoms with Gasteiger partial charge in [-0.15, -0.1) is 0 Å². The van der Waals surface area contributed by atoms with Crippen molar-refractivity contribution in [3.8, 4) is 11.5 Å². The van der Waals surface area contributed by atoms with Gasteiger partial charge in [-0.05, 0) is 39.7 Å². The Bertz CT molecular complexity index is 608. The van der Waals surface area contributed by atoms with Crippen LogP contribution in [0.4, 0.5) is 5.69 Å². The van der Waals surface area contributed by atoms with Crippen molar-refractivity contribution < 1.29 is 9.47 Å². The molecule has 1 saturated carbocycles. The van der Waals surface area contributed by atoms with E-state index in [2.05, 4.69) is 32.2 Å². The van der Waals surface area contributed by atoms with Crippen molar-refractivity contribution in [3.63, 3.8) is 0 Å². The Balaban J connectivity index is 2.16. The molecule has 22 heavy (non-hydrogen) atoms. The van der Waals surface area contributed by atoms with Crippen molar-refractivity contribution in [1.29, 1.82) is 0 Å². The number of hydrogen-bond acceptors (Lipinski definition) is 4. The highest BCUT2D eigenvalue weighted by Crippen LogP contribution is 2.47. The first-order chi connectivity index (χ1) is 10.4. The minimum atomic E-state index is -0.0959. The second-order valence-electron chi connectivity index (χ2n) is 7.30. The SMILES string of the molecule is COc1cc2c(cc1OC)C(=NC(C)(C)C)C1(CCCC1)N2. The number of aliphatic imine (C=N–C) groups is 1. The first kappa shape index (κ1) is 15.2. The summed E-state index contributed by atoms with van der Waals surface area (Å²) in [5, 5.41) is 3.74. The van der Waals surface area contributed by atoms with E-state index in [0.29, 0.717) is 0 Å². The summed E-state index contributed by atoms with van der Waals surface area (Å²) in [4.78, 5) is 5.07. The van der Waals surface area contributed by atoms with Crippen LogP contribution in [0.25, 0.3) is 0 Å². The smallest absolute Gasteiger partial charge is 0.162 e. The summed E-state index contributed by atoms with van der Waals surface area (Å²) in [5.41, 5.74) is 3.36. The second kappa shape index (κ2) is 5.18. The molecule has 1 aromatic rings. The molecule has 0 radical (unpaired) electrons. The molecule has 2 aliphatic rings. The van der Waals surface area contributed by atoms with E-state index in [9.17, 15) is 0 Å². The summed E-state index contributed by atoms with van der Waals surface area (Å²) in [7, 11) is 3.35. The lowest BCUT2D eigenvalue weighted by atomic mass is 9.90. The largest absolute Gasteiger partial charge is 0.493 e. The van der Waals surface area contributed by atoms with E-state index in [4.69, 9.17) is 14.5 Å². The fourth-order valence-corrected chi connectivity index (χ4v) is 3.60. The number of benzene rings is 1. The Labute approximate surface area is 132 Å². The Hall–Kier alpha value is -1.71. The highest BCUT2D eigenvalue weighted by atomic mass is 16.5. The average molecular weight is 302 g/mol. The van der Waals surface area contributed by atoms with Crippen LogP contribution in [-0.2, 0) is 0 Å². The van der Waals surface area contributed by atoms with Gasteiger partial charge in [-0.1, -0.05) is 12.8 Å². The number of nitrogens with one attached hydrogen (secondary N) is 1. The lowest BCUT2D eigenvalue weighted by Crippen LogP contribution is -2.40. The Morgan fingerprint density at radius 3 is 2.18 bits per heavy atom. The van der Waals surface area contributed by atoms with Crippen molar-refractivity contribution in [1.82, 2.24) is 0 Å². The zero-order valence-corrected chi connectivity index (χ0v) is 14.2. The molecule has 0 aromatic heterocycles. The number of rotatable bonds is 2. The molecule has 0 amide bonds. The lowest BCUT2D eigenvalue weighted by molar-refractivity contribution is 0.355. The van der Waals surface area contributed by atoms with Crippen LogP contribution in [0.15, 0.2) is 17.1 Å². The Morgan fingerprint density at radius 1 is 1.05 bits per heavy atom. The van der Waals surface area contributed by atoms with Crippen LogP contribution >= 0.6 is 0 Å². The van der Waals surface area contributed by atoms with Gasteiger partial charge in [0.1, 0.15) is 0 Å². The quantitative estimate of drug-likeness (QED) is 0.897. The van der Waals surface area contributed by atoms with Crippen LogP contribution in [-0.4, -0.2) is 31.0 Å². The first-order valence-corrected chi connectivity index (χ1v) is 8.03. The number of ether oxygens (including phenoxy) is 2. The Kier molecular flexibility index (Phi) is 3.58. The molecule has 0 atom stereocenters. The van der Waals surface area contributed by atoms with Gasteiger partial charge in [0.05, 0.1) is 31.0 Å². The molecule has 4 nitrogen and oxygen atoms in total. The third kappa shape index (κ3) is 2.44. The van der Waals surface area contributed by atoms with Crippen molar-refractivity contribution >= 4 is 11.4 Å². The zero-order valence-electron chi connectivity index (χ0n) is 14.2.